The quantitative estimate of drug-likeness (QED) is 0.188. The van der Waals surface area contributed by atoms with Crippen LogP contribution in [0.4, 0.5) is 0 Å². The Labute approximate surface area is 291 Å². The van der Waals surface area contributed by atoms with E-state index in [4.69, 9.17) is 0 Å². The molecule has 50 heavy (non-hydrogen) atoms. The highest BCUT2D eigenvalue weighted by Crippen LogP contribution is 2.51. The second-order valence-electron chi connectivity index (χ2n) is 14.0. The van der Waals surface area contributed by atoms with E-state index in [1.165, 1.54) is 88.5 Å². The van der Waals surface area contributed by atoms with Crippen LogP contribution in [0.3, 0.4) is 0 Å². The lowest BCUT2D eigenvalue weighted by molar-refractivity contribution is 0.661. The van der Waals surface area contributed by atoms with Gasteiger partial charge in [-0.05, 0) is 104 Å². The van der Waals surface area contributed by atoms with Crippen LogP contribution in [-0.4, -0.2) is 9.55 Å². The van der Waals surface area contributed by atoms with E-state index in [0.717, 1.165) is 5.52 Å². The van der Waals surface area contributed by atoms with Gasteiger partial charge in [0.05, 0.1) is 16.6 Å². The Hall–Kier alpha value is -6.25. The lowest BCUT2D eigenvalue weighted by Crippen LogP contribution is -2.15. The molecule has 2 nitrogen and oxygen atoms in total. The van der Waals surface area contributed by atoms with Gasteiger partial charge in [-0.2, -0.15) is 0 Å². The fourth-order valence-corrected chi connectivity index (χ4v) is 8.31. The van der Waals surface area contributed by atoms with E-state index in [2.05, 4.69) is 181 Å². The lowest BCUT2D eigenvalue weighted by atomic mass is 9.81. The van der Waals surface area contributed by atoms with E-state index in [1.54, 1.807) is 0 Å². The van der Waals surface area contributed by atoms with Crippen LogP contribution >= 0.6 is 0 Å². The average Bonchev–Trinajstić information content (AvgIpc) is 3.63. The zero-order valence-electron chi connectivity index (χ0n) is 28.1. The number of hydrogen-bond acceptors (Lipinski definition) is 1. The molecule has 2 heteroatoms. The van der Waals surface area contributed by atoms with Gasteiger partial charge in [-0.1, -0.05) is 129 Å². The van der Waals surface area contributed by atoms with E-state index in [0.29, 0.717) is 0 Å². The Morgan fingerprint density at radius 2 is 0.960 bits per heavy atom. The van der Waals surface area contributed by atoms with Crippen molar-refractivity contribution in [2.75, 3.05) is 0 Å². The fourth-order valence-electron chi connectivity index (χ4n) is 8.31. The summed E-state index contributed by atoms with van der Waals surface area (Å²) in [6, 6.07) is 59.9. The molecule has 1 aliphatic carbocycles. The van der Waals surface area contributed by atoms with Gasteiger partial charge >= 0.3 is 0 Å². The number of hydrogen-bond donors (Lipinski definition) is 0. The summed E-state index contributed by atoms with van der Waals surface area (Å²) >= 11 is 0. The Morgan fingerprint density at radius 3 is 1.64 bits per heavy atom. The first-order valence-corrected chi connectivity index (χ1v) is 17.4. The monoisotopic (exact) mass is 638 g/mol. The van der Waals surface area contributed by atoms with Crippen LogP contribution in [0.1, 0.15) is 25.0 Å². The minimum atomic E-state index is -0.128. The largest absolute Gasteiger partial charge is 0.309 e. The van der Waals surface area contributed by atoms with Crippen molar-refractivity contribution in [3.05, 3.63) is 181 Å². The number of benzene rings is 7. The Kier molecular flexibility index (Phi) is 6.25. The van der Waals surface area contributed by atoms with Gasteiger partial charge < -0.3 is 4.57 Å². The van der Waals surface area contributed by atoms with Crippen molar-refractivity contribution in [2.24, 2.45) is 0 Å². The van der Waals surface area contributed by atoms with Gasteiger partial charge in [-0.15, -0.1) is 0 Å². The van der Waals surface area contributed by atoms with Crippen molar-refractivity contribution in [1.29, 1.82) is 0 Å². The molecule has 1 aliphatic rings. The third-order valence-corrected chi connectivity index (χ3v) is 10.9. The molecule has 0 N–H and O–H groups in total. The molecule has 2 heterocycles. The van der Waals surface area contributed by atoms with Gasteiger partial charge in [0.2, 0.25) is 0 Å². The molecule has 236 valence electrons. The third kappa shape index (κ3) is 4.32. The molecule has 0 radical (unpaired) electrons. The first-order valence-electron chi connectivity index (χ1n) is 17.4. The number of rotatable bonds is 4. The summed E-state index contributed by atoms with van der Waals surface area (Å²) in [6.45, 7) is 4.74. The number of nitrogens with zero attached hydrogens (tertiary/aromatic N) is 2. The smallest absolute Gasteiger partial charge is 0.0708 e. The topological polar surface area (TPSA) is 17.8 Å². The predicted octanol–water partition coefficient (Wildman–Crippen LogP) is 12.6. The normalized spacial score (nSPS) is 13.2. The second kappa shape index (κ2) is 10.9. The highest BCUT2D eigenvalue weighted by atomic mass is 15.0. The minimum absolute atomic E-state index is 0.128. The van der Waals surface area contributed by atoms with Crippen LogP contribution < -0.4 is 0 Å². The zero-order valence-corrected chi connectivity index (χ0v) is 28.1. The van der Waals surface area contributed by atoms with Gasteiger partial charge in [-0.25, -0.2) is 0 Å². The van der Waals surface area contributed by atoms with Crippen LogP contribution in [0, 0.1) is 0 Å². The molecule has 0 fully saturated rings. The molecule has 7 aromatic carbocycles. The highest BCUT2D eigenvalue weighted by molar-refractivity contribution is 6.09. The van der Waals surface area contributed by atoms with Crippen molar-refractivity contribution in [3.63, 3.8) is 0 Å². The number of para-hydroxylation sites is 3. The molecule has 0 unspecified atom stereocenters. The van der Waals surface area contributed by atoms with Gasteiger partial charge in [0.25, 0.3) is 0 Å². The summed E-state index contributed by atoms with van der Waals surface area (Å²) in [5.41, 5.74) is 17.3. The van der Waals surface area contributed by atoms with E-state index in [-0.39, 0.29) is 5.41 Å². The maximum absolute atomic E-state index is 4.55. The molecule has 0 amide bonds. The summed E-state index contributed by atoms with van der Waals surface area (Å²) in [5.74, 6) is 0. The van der Waals surface area contributed by atoms with Crippen LogP contribution in [0.5, 0.6) is 0 Å². The minimum Gasteiger partial charge on any atom is -0.309 e. The lowest BCUT2D eigenvalue weighted by Gasteiger charge is -2.23. The Bertz CT molecular complexity index is 2720. The maximum Gasteiger partial charge on any atom is 0.0708 e. The van der Waals surface area contributed by atoms with Crippen LogP contribution in [0.15, 0.2) is 170 Å². The SMILES string of the molecule is CC1(C)c2cc(-c3ccc(-c4ccnc5ccccc45)cc3)ccc2-c2ccc(-c3cccc(-n4c5ccccc5c5ccccc54)c3)cc21. The first-order chi connectivity index (χ1) is 24.5. The van der Waals surface area contributed by atoms with E-state index in [9.17, 15) is 0 Å². The van der Waals surface area contributed by atoms with Crippen LogP contribution in [-0.2, 0) is 5.41 Å². The third-order valence-electron chi connectivity index (χ3n) is 10.9. The summed E-state index contributed by atoms with van der Waals surface area (Å²) in [6.07, 6.45) is 1.90. The van der Waals surface area contributed by atoms with E-state index >= 15 is 0 Å². The van der Waals surface area contributed by atoms with Crippen molar-refractivity contribution in [2.45, 2.75) is 19.3 Å². The molecule has 0 saturated heterocycles. The van der Waals surface area contributed by atoms with Gasteiger partial charge in [0, 0.05) is 33.5 Å². The predicted molar refractivity (Wildman–Crippen MR) is 210 cm³/mol. The highest BCUT2D eigenvalue weighted by Gasteiger charge is 2.36. The molecule has 0 saturated carbocycles. The molecular formula is C48H34N2. The summed E-state index contributed by atoms with van der Waals surface area (Å²) in [7, 11) is 0. The molecule has 9 aromatic rings. The van der Waals surface area contributed by atoms with Gasteiger partial charge in [0.15, 0.2) is 0 Å². The van der Waals surface area contributed by atoms with Crippen LogP contribution in [0.25, 0.3) is 82.9 Å². The molecular weight excluding hydrogens is 605 g/mol. The van der Waals surface area contributed by atoms with Gasteiger partial charge in [-0.3, -0.25) is 4.98 Å². The zero-order chi connectivity index (χ0) is 33.4. The van der Waals surface area contributed by atoms with Crippen molar-refractivity contribution >= 4 is 32.7 Å². The summed E-state index contributed by atoms with van der Waals surface area (Å²) in [5, 5.41) is 3.74. The Morgan fingerprint density at radius 1 is 0.420 bits per heavy atom. The molecule has 10 rings (SSSR count). The van der Waals surface area contributed by atoms with Crippen molar-refractivity contribution < 1.29 is 0 Å². The first kappa shape index (κ1) is 28.7. The van der Waals surface area contributed by atoms with E-state index in [1.807, 2.05) is 12.3 Å². The molecule has 2 aromatic heterocycles. The standard InChI is InChI=1S/C48H34N2/c1-48(2)43-29-34(31-18-20-32(21-19-31)37-26-27-49-45-15-6-3-12-40(37)45)22-24-38(43)39-25-23-35(30-44(39)48)33-10-9-11-36(28-33)50-46-16-7-4-13-41(46)42-14-5-8-17-47(42)50/h3-30H,1-2H3. The number of fused-ring (bicyclic) bond motifs is 7. The number of aromatic nitrogens is 2. The molecule has 0 spiro atoms. The number of pyridine rings is 1. The summed E-state index contributed by atoms with van der Waals surface area (Å²) in [4.78, 5) is 4.55. The van der Waals surface area contributed by atoms with E-state index < -0.39 is 0 Å². The maximum atomic E-state index is 4.55. The molecule has 0 aliphatic heterocycles. The average molecular weight is 639 g/mol. The summed E-state index contributed by atoms with van der Waals surface area (Å²) < 4.78 is 2.40. The fraction of sp³-hybridized carbons (Fsp3) is 0.0625. The Balaban J connectivity index is 1.00. The van der Waals surface area contributed by atoms with Crippen LogP contribution in [0.2, 0.25) is 0 Å². The second-order valence-corrected chi connectivity index (χ2v) is 14.0. The van der Waals surface area contributed by atoms with Crippen molar-refractivity contribution in [3.8, 4) is 50.2 Å². The molecule has 0 atom stereocenters. The molecule has 0 bridgehead atoms. The van der Waals surface area contributed by atoms with Crippen molar-refractivity contribution in [1.82, 2.24) is 9.55 Å². The van der Waals surface area contributed by atoms with Gasteiger partial charge in [0.1, 0.15) is 0 Å².